The maximum absolute atomic E-state index is 3.87. The van der Waals surface area contributed by atoms with Crippen molar-refractivity contribution in [1.29, 1.82) is 0 Å². The highest BCUT2D eigenvalue weighted by Crippen LogP contribution is 2.46. The van der Waals surface area contributed by atoms with Crippen LogP contribution < -0.4 is 5.32 Å². The van der Waals surface area contributed by atoms with Crippen LogP contribution in [0.3, 0.4) is 0 Å². The quantitative estimate of drug-likeness (QED) is 0.427. The molecule has 2 atom stereocenters. The minimum atomic E-state index is 0.653. The molecule has 1 aromatic heterocycles. The van der Waals surface area contributed by atoms with Crippen LogP contribution in [0.15, 0.2) is 43.0 Å². The van der Waals surface area contributed by atoms with Gasteiger partial charge in [-0.3, -0.25) is 0 Å². The second-order valence-electron chi connectivity index (χ2n) is 9.71. The van der Waals surface area contributed by atoms with Crippen LogP contribution in [0.25, 0.3) is 28.1 Å². The van der Waals surface area contributed by atoms with E-state index in [1.807, 2.05) is 6.08 Å². The molecule has 1 aliphatic heterocycles. The highest BCUT2D eigenvalue weighted by molar-refractivity contribution is 5.98. The van der Waals surface area contributed by atoms with E-state index in [4.69, 9.17) is 0 Å². The normalized spacial score (nSPS) is 22.2. The summed E-state index contributed by atoms with van der Waals surface area (Å²) in [6.07, 6.45) is 16.5. The third-order valence-electron chi connectivity index (χ3n) is 7.92. The van der Waals surface area contributed by atoms with E-state index in [2.05, 4.69) is 60.2 Å². The van der Waals surface area contributed by atoms with Gasteiger partial charge in [-0.2, -0.15) is 0 Å². The molecule has 2 unspecified atom stereocenters. The van der Waals surface area contributed by atoms with Crippen molar-refractivity contribution in [3.8, 4) is 11.1 Å². The molecule has 31 heavy (non-hydrogen) atoms. The van der Waals surface area contributed by atoms with Crippen LogP contribution in [0, 0.1) is 6.92 Å². The van der Waals surface area contributed by atoms with Crippen LogP contribution in [-0.2, 0) is 12.8 Å². The minimum absolute atomic E-state index is 0.653. The molecule has 3 aliphatic rings. The van der Waals surface area contributed by atoms with E-state index in [-0.39, 0.29) is 0 Å². The molecule has 2 heterocycles. The van der Waals surface area contributed by atoms with Crippen molar-refractivity contribution < 1.29 is 0 Å². The average Bonchev–Trinajstić information content (AvgIpc) is 3.33. The first kappa shape index (κ1) is 19.0. The Morgan fingerprint density at radius 1 is 1.00 bits per heavy atom. The number of nitrogens with one attached hydrogen (secondary N) is 2. The lowest BCUT2D eigenvalue weighted by Gasteiger charge is -2.25. The minimum Gasteiger partial charge on any atom is -0.381 e. The molecule has 2 heteroatoms. The first-order chi connectivity index (χ1) is 15.2. The summed E-state index contributed by atoms with van der Waals surface area (Å²) in [6.45, 7) is 6.06. The zero-order chi connectivity index (χ0) is 20.9. The number of hydrogen-bond acceptors (Lipinski definition) is 1. The molecule has 2 N–H and O–H groups in total. The first-order valence-corrected chi connectivity index (χ1v) is 12.1. The fraction of sp³-hybridized carbons (Fsp3) is 0.379. The molecule has 0 spiro atoms. The van der Waals surface area contributed by atoms with E-state index >= 15 is 0 Å². The van der Waals surface area contributed by atoms with Crippen molar-refractivity contribution in [2.24, 2.45) is 0 Å². The lowest BCUT2D eigenvalue weighted by atomic mass is 9.80. The van der Waals surface area contributed by atoms with Gasteiger partial charge in [-0.25, -0.2) is 0 Å². The molecule has 6 rings (SSSR count). The number of rotatable bonds is 3. The van der Waals surface area contributed by atoms with Gasteiger partial charge in [-0.05, 0) is 91.5 Å². The van der Waals surface area contributed by atoms with E-state index < -0.39 is 0 Å². The van der Waals surface area contributed by atoms with Crippen LogP contribution in [0.1, 0.15) is 72.4 Å². The molecule has 0 amide bonds. The summed E-state index contributed by atoms with van der Waals surface area (Å²) in [5.41, 5.74) is 12.8. The average molecular weight is 409 g/mol. The number of anilines is 1. The molecule has 158 valence electrons. The molecule has 3 aromatic rings. The lowest BCUT2D eigenvalue weighted by molar-refractivity contribution is 0.422. The number of hydrogen-bond donors (Lipinski definition) is 2. The predicted molar refractivity (Wildman–Crippen MR) is 133 cm³/mol. The number of benzene rings is 2. The van der Waals surface area contributed by atoms with Crippen molar-refractivity contribution >= 4 is 22.7 Å². The number of allylic oxidation sites excluding steroid dienone is 2. The summed E-state index contributed by atoms with van der Waals surface area (Å²) in [5.74, 6) is 0.701. The van der Waals surface area contributed by atoms with Crippen molar-refractivity contribution in [2.45, 2.75) is 70.3 Å². The van der Waals surface area contributed by atoms with Gasteiger partial charge in [-0.15, -0.1) is 0 Å². The van der Waals surface area contributed by atoms with E-state index in [1.54, 1.807) is 16.7 Å². The number of fused-ring (bicyclic) bond motifs is 6. The molecule has 1 fully saturated rings. The van der Waals surface area contributed by atoms with Crippen LogP contribution in [0.2, 0.25) is 0 Å². The standard InChI is InChI=1S/C29H32N2/c1-3-4-9-20-18(2)30-28-17-24(21-10-5-6-12-23(21)29(20)28)19-14-15-27-25(16-19)22-11-7-8-13-26(22)31-27/h3-4,9,14-17,22,26,30-31H,1,5-8,10-13H2,2H3/b9-4-. The number of aryl methyl sites for hydroxylation is 2. The summed E-state index contributed by atoms with van der Waals surface area (Å²) < 4.78 is 0. The molecule has 2 aliphatic carbocycles. The number of aromatic nitrogens is 1. The maximum atomic E-state index is 3.87. The molecular weight excluding hydrogens is 376 g/mol. The summed E-state index contributed by atoms with van der Waals surface area (Å²) in [4.78, 5) is 3.70. The summed E-state index contributed by atoms with van der Waals surface area (Å²) >= 11 is 0. The lowest BCUT2D eigenvalue weighted by Crippen LogP contribution is -2.23. The molecule has 1 saturated carbocycles. The maximum Gasteiger partial charge on any atom is 0.0471 e. The van der Waals surface area contributed by atoms with Gasteiger partial charge in [0.05, 0.1) is 0 Å². The van der Waals surface area contributed by atoms with E-state index in [0.717, 1.165) is 0 Å². The predicted octanol–water partition coefficient (Wildman–Crippen LogP) is 7.67. The summed E-state index contributed by atoms with van der Waals surface area (Å²) in [7, 11) is 0. The van der Waals surface area contributed by atoms with Gasteiger partial charge in [0, 0.05) is 39.8 Å². The number of aromatic amines is 1. The largest absolute Gasteiger partial charge is 0.381 e. The Balaban J connectivity index is 1.53. The fourth-order valence-corrected chi connectivity index (χ4v) is 6.48. The first-order valence-electron chi connectivity index (χ1n) is 12.1. The molecule has 0 saturated heterocycles. The van der Waals surface area contributed by atoms with Crippen LogP contribution in [0.4, 0.5) is 5.69 Å². The van der Waals surface area contributed by atoms with Crippen molar-refractivity contribution in [1.82, 2.24) is 4.98 Å². The Morgan fingerprint density at radius 3 is 2.71 bits per heavy atom. The van der Waals surface area contributed by atoms with Gasteiger partial charge in [0.1, 0.15) is 0 Å². The molecule has 0 radical (unpaired) electrons. The van der Waals surface area contributed by atoms with Gasteiger partial charge in [-0.1, -0.05) is 43.7 Å². The monoisotopic (exact) mass is 408 g/mol. The third kappa shape index (κ3) is 2.99. The van der Waals surface area contributed by atoms with Gasteiger partial charge in [0.2, 0.25) is 0 Å². The van der Waals surface area contributed by atoms with E-state index in [1.165, 1.54) is 90.3 Å². The van der Waals surface area contributed by atoms with Crippen molar-refractivity contribution in [3.63, 3.8) is 0 Å². The van der Waals surface area contributed by atoms with Crippen LogP contribution >= 0.6 is 0 Å². The Bertz CT molecular complexity index is 1210. The second kappa shape index (κ2) is 7.44. The zero-order valence-corrected chi connectivity index (χ0v) is 18.6. The third-order valence-corrected chi connectivity index (χ3v) is 7.92. The van der Waals surface area contributed by atoms with E-state index in [0.29, 0.717) is 12.0 Å². The smallest absolute Gasteiger partial charge is 0.0471 e. The fourth-order valence-electron chi connectivity index (χ4n) is 6.48. The highest BCUT2D eigenvalue weighted by atomic mass is 15.0. The number of H-pyrrole nitrogens is 1. The van der Waals surface area contributed by atoms with Crippen molar-refractivity contribution in [2.75, 3.05) is 5.32 Å². The summed E-state index contributed by atoms with van der Waals surface area (Å²) in [5, 5.41) is 5.25. The Morgan fingerprint density at radius 2 is 1.84 bits per heavy atom. The Labute approximate surface area is 185 Å². The SMILES string of the molecule is C=C/C=C\c1c(C)[nH]c2cc(-c3ccc4c(c3)C3CCCCC3N4)c3c(c12)CCCC3. The zero-order valence-electron chi connectivity index (χ0n) is 18.6. The Hall–Kier alpha value is -2.74. The molecule has 0 bridgehead atoms. The van der Waals surface area contributed by atoms with Gasteiger partial charge >= 0.3 is 0 Å². The van der Waals surface area contributed by atoms with Gasteiger partial charge in [0.15, 0.2) is 0 Å². The molecule has 2 aromatic carbocycles. The topological polar surface area (TPSA) is 27.8 Å². The van der Waals surface area contributed by atoms with Gasteiger partial charge in [0.25, 0.3) is 0 Å². The van der Waals surface area contributed by atoms with Crippen molar-refractivity contribution in [3.05, 3.63) is 70.9 Å². The van der Waals surface area contributed by atoms with Crippen LogP contribution in [0.5, 0.6) is 0 Å². The molecule has 2 nitrogen and oxygen atoms in total. The molecular formula is C29H32N2. The second-order valence-corrected chi connectivity index (χ2v) is 9.71. The van der Waals surface area contributed by atoms with Crippen LogP contribution in [-0.4, -0.2) is 11.0 Å². The van der Waals surface area contributed by atoms with Gasteiger partial charge < -0.3 is 10.3 Å². The van der Waals surface area contributed by atoms with E-state index in [9.17, 15) is 0 Å². The highest BCUT2D eigenvalue weighted by Gasteiger charge is 2.34. The summed E-state index contributed by atoms with van der Waals surface area (Å²) in [6, 6.07) is 10.3. The Kier molecular flexibility index (Phi) is 4.56.